The van der Waals surface area contributed by atoms with Gasteiger partial charge >= 0.3 is 0 Å². The monoisotopic (exact) mass is 149 g/mol. The number of nitrogen functional groups attached to an aromatic ring is 1. The molecule has 2 rings (SSSR count). The fourth-order valence-electron chi connectivity index (χ4n) is 0.978. The Labute approximate surface area is 62.6 Å². The number of H-pyrrole nitrogens is 1. The summed E-state index contributed by atoms with van der Waals surface area (Å²) in [6, 6.07) is 1.86. The number of hydrogen-bond donors (Lipinski definition) is 3. The first-order chi connectivity index (χ1) is 5.42. The van der Waals surface area contributed by atoms with Gasteiger partial charge in [0.1, 0.15) is 5.52 Å². The Morgan fingerprint density at radius 1 is 1.55 bits per heavy atom. The van der Waals surface area contributed by atoms with Crippen LogP contribution in [0.2, 0.25) is 0 Å². The molecule has 0 fully saturated rings. The third-order valence-electron chi connectivity index (χ3n) is 1.50. The first-order valence-electron chi connectivity index (χ1n) is 3.16. The van der Waals surface area contributed by atoms with E-state index >= 15 is 0 Å². The van der Waals surface area contributed by atoms with Crippen molar-refractivity contribution in [2.24, 2.45) is 5.84 Å². The average Bonchev–Trinajstić information content (AvgIpc) is 2.50. The van der Waals surface area contributed by atoms with Gasteiger partial charge in [-0.3, -0.25) is 5.10 Å². The lowest BCUT2D eigenvalue weighted by Gasteiger charge is -1.97. The minimum Gasteiger partial charge on any atom is -0.307 e. The number of rotatable bonds is 1. The Balaban J connectivity index is 2.79. The highest BCUT2D eigenvalue weighted by Gasteiger charge is 2.00. The Kier molecular flexibility index (Phi) is 1.23. The zero-order valence-corrected chi connectivity index (χ0v) is 5.70. The minimum atomic E-state index is 0.611. The van der Waals surface area contributed by atoms with Gasteiger partial charge in [0, 0.05) is 11.6 Å². The number of aromatic amines is 1. The molecule has 0 aliphatic rings. The van der Waals surface area contributed by atoms with Gasteiger partial charge in [0.15, 0.2) is 5.82 Å². The molecule has 0 spiro atoms. The summed E-state index contributed by atoms with van der Waals surface area (Å²) in [6.07, 6.45) is 3.39. The average molecular weight is 149 g/mol. The van der Waals surface area contributed by atoms with E-state index in [1.165, 1.54) is 0 Å². The van der Waals surface area contributed by atoms with Gasteiger partial charge in [0.05, 0.1) is 6.20 Å². The molecule has 2 heterocycles. The second-order valence-electron chi connectivity index (χ2n) is 2.14. The fraction of sp³-hybridized carbons (Fsp3) is 0. The molecule has 5 heteroatoms. The first-order valence-corrected chi connectivity index (χ1v) is 3.16. The molecule has 0 amide bonds. The van der Waals surface area contributed by atoms with E-state index in [2.05, 4.69) is 20.6 Å². The van der Waals surface area contributed by atoms with Crippen LogP contribution >= 0.6 is 0 Å². The van der Waals surface area contributed by atoms with Crippen molar-refractivity contribution in [1.29, 1.82) is 0 Å². The van der Waals surface area contributed by atoms with Gasteiger partial charge in [0.25, 0.3) is 0 Å². The van der Waals surface area contributed by atoms with Crippen LogP contribution in [0, 0.1) is 0 Å². The van der Waals surface area contributed by atoms with Crippen molar-refractivity contribution in [3.8, 4) is 0 Å². The Morgan fingerprint density at radius 2 is 2.45 bits per heavy atom. The fourth-order valence-corrected chi connectivity index (χ4v) is 0.978. The third kappa shape index (κ3) is 0.821. The van der Waals surface area contributed by atoms with Crippen molar-refractivity contribution in [3.05, 3.63) is 18.5 Å². The molecule has 2 aromatic rings. The Bertz CT molecular complexity index is 366. The predicted octanol–water partition coefficient (Wildman–Crippen LogP) is 0.243. The predicted molar refractivity (Wildman–Crippen MR) is 41.7 cm³/mol. The quantitative estimate of drug-likeness (QED) is 0.401. The molecule has 0 saturated heterocycles. The van der Waals surface area contributed by atoms with Crippen LogP contribution in [0.4, 0.5) is 5.82 Å². The van der Waals surface area contributed by atoms with Crippen LogP contribution in [-0.2, 0) is 0 Å². The maximum absolute atomic E-state index is 5.21. The molecule has 5 nitrogen and oxygen atoms in total. The number of fused-ring (bicyclic) bond motifs is 1. The normalized spacial score (nSPS) is 10.3. The molecule has 2 aromatic heterocycles. The number of anilines is 1. The lowest BCUT2D eigenvalue weighted by molar-refractivity contribution is 1.11. The van der Waals surface area contributed by atoms with E-state index in [4.69, 9.17) is 5.84 Å². The zero-order chi connectivity index (χ0) is 7.68. The molecule has 4 N–H and O–H groups in total. The molecule has 0 aliphatic carbocycles. The number of nitrogens with zero attached hydrogens (tertiary/aromatic N) is 2. The van der Waals surface area contributed by atoms with Crippen LogP contribution in [-0.4, -0.2) is 15.2 Å². The molecule has 0 atom stereocenters. The lowest BCUT2D eigenvalue weighted by Crippen LogP contribution is -2.08. The summed E-state index contributed by atoms with van der Waals surface area (Å²) in [5, 5.41) is 7.63. The number of nitrogens with two attached hydrogens (primary N) is 1. The third-order valence-corrected chi connectivity index (χ3v) is 1.50. The first kappa shape index (κ1) is 6.11. The molecule has 0 radical (unpaired) electrons. The molecule has 0 unspecified atom stereocenters. The van der Waals surface area contributed by atoms with Gasteiger partial charge in [-0.2, -0.15) is 5.10 Å². The van der Waals surface area contributed by atoms with Gasteiger partial charge < -0.3 is 5.43 Å². The number of aromatic nitrogens is 3. The second kappa shape index (κ2) is 2.21. The van der Waals surface area contributed by atoms with Crippen LogP contribution in [0.1, 0.15) is 0 Å². The van der Waals surface area contributed by atoms with Gasteiger partial charge in [0.2, 0.25) is 0 Å². The summed E-state index contributed by atoms with van der Waals surface area (Å²) in [5.74, 6) is 5.83. The minimum absolute atomic E-state index is 0.611. The van der Waals surface area contributed by atoms with Crippen LogP contribution in [0.25, 0.3) is 10.9 Å². The molecule has 56 valence electrons. The van der Waals surface area contributed by atoms with Crippen molar-refractivity contribution in [2.75, 3.05) is 5.43 Å². The summed E-state index contributed by atoms with van der Waals surface area (Å²) in [4.78, 5) is 3.99. The highest BCUT2D eigenvalue weighted by Crippen LogP contribution is 2.15. The molecular formula is C6H7N5. The standard InChI is InChI=1S/C6H7N5/c7-10-6-5-4(1-2-8-6)3-9-11-5/h1-3H,7H2,(H,8,10)(H,9,11). The summed E-state index contributed by atoms with van der Waals surface area (Å²) in [5.41, 5.74) is 3.30. The van der Waals surface area contributed by atoms with E-state index in [9.17, 15) is 0 Å². The van der Waals surface area contributed by atoms with E-state index in [0.29, 0.717) is 5.82 Å². The van der Waals surface area contributed by atoms with E-state index in [0.717, 1.165) is 10.9 Å². The van der Waals surface area contributed by atoms with Crippen LogP contribution in [0.5, 0.6) is 0 Å². The van der Waals surface area contributed by atoms with Gasteiger partial charge in [-0.25, -0.2) is 10.8 Å². The van der Waals surface area contributed by atoms with Crippen molar-refractivity contribution in [1.82, 2.24) is 15.2 Å². The summed E-state index contributed by atoms with van der Waals surface area (Å²) < 4.78 is 0. The number of hydrazine groups is 1. The summed E-state index contributed by atoms with van der Waals surface area (Å²) in [7, 11) is 0. The summed E-state index contributed by atoms with van der Waals surface area (Å²) in [6.45, 7) is 0. The molecule has 0 saturated carbocycles. The van der Waals surface area contributed by atoms with Crippen molar-refractivity contribution in [2.45, 2.75) is 0 Å². The smallest absolute Gasteiger partial charge is 0.166 e. The Morgan fingerprint density at radius 3 is 3.27 bits per heavy atom. The lowest BCUT2D eigenvalue weighted by atomic mass is 10.3. The highest BCUT2D eigenvalue weighted by molar-refractivity contribution is 5.87. The number of nitrogens with one attached hydrogen (secondary N) is 2. The molecule has 11 heavy (non-hydrogen) atoms. The number of pyridine rings is 1. The van der Waals surface area contributed by atoms with Crippen molar-refractivity contribution >= 4 is 16.7 Å². The highest BCUT2D eigenvalue weighted by atomic mass is 15.3. The van der Waals surface area contributed by atoms with E-state index < -0.39 is 0 Å². The molecule has 0 bridgehead atoms. The summed E-state index contributed by atoms with van der Waals surface area (Å²) >= 11 is 0. The Hall–Kier alpha value is -1.62. The van der Waals surface area contributed by atoms with E-state index in [1.54, 1.807) is 12.4 Å². The second-order valence-corrected chi connectivity index (χ2v) is 2.14. The SMILES string of the molecule is NNc1nccc2cn[nH]c12. The van der Waals surface area contributed by atoms with Crippen LogP contribution < -0.4 is 11.3 Å². The topological polar surface area (TPSA) is 79.6 Å². The molecule has 0 aromatic carbocycles. The molecule has 0 aliphatic heterocycles. The van der Waals surface area contributed by atoms with Crippen LogP contribution in [0.3, 0.4) is 0 Å². The van der Waals surface area contributed by atoms with E-state index in [-0.39, 0.29) is 0 Å². The van der Waals surface area contributed by atoms with Crippen molar-refractivity contribution in [3.63, 3.8) is 0 Å². The largest absolute Gasteiger partial charge is 0.307 e. The maximum atomic E-state index is 5.21. The van der Waals surface area contributed by atoms with Crippen LogP contribution in [0.15, 0.2) is 18.5 Å². The zero-order valence-electron chi connectivity index (χ0n) is 5.70. The van der Waals surface area contributed by atoms with E-state index in [1.807, 2.05) is 6.07 Å². The van der Waals surface area contributed by atoms with Gasteiger partial charge in [-0.1, -0.05) is 0 Å². The van der Waals surface area contributed by atoms with Gasteiger partial charge in [-0.05, 0) is 6.07 Å². The molecular weight excluding hydrogens is 142 g/mol. The van der Waals surface area contributed by atoms with Gasteiger partial charge in [-0.15, -0.1) is 0 Å². The van der Waals surface area contributed by atoms with Crippen molar-refractivity contribution < 1.29 is 0 Å². The maximum Gasteiger partial charge on any atom is 0.166 e. The number of hydrogen-bond acceptors (Lipinski definition) is 4.